The molecule has 1 aromatic carbocycles. The topological polar surface area (TPSA) is 67.6 Å². The molecule has 6 heteroatoms. The normalized spacial score (nSPS) is 18.8. The summed E-state index contributed by atoms with van der Waals surface area (Å²) < 4.78 is 11.0. The van der Waals surface area contributed by atoms with Gasteiger partial charge in [-0.15, -0.1) is 0 Å². The van der Waals surface area contributed by atoms with Gasteiger partial charge in [-0.05, 0) is 55.5 Å². The van der Waals surface area contributed by atoms with Gasteiger partial charge >= 0.3 is 0 Å². The van der Waals surface area contributed by atoms with Crippen LogP contribution in [0, 0.1) is 5.41 Å². The first-order chi connectivity index (χ1) is 13.2. The van der Waals surface area contributed by atoms with Crippen molar-refractivity contribution in [2.45, 2.75) is 32.1 Å². The van der Waals surface area contributed by atoms with Crippen LogP contribution in [0.25, 0.3) is 11.3 Å². The molecule has 2 aliphatic rings. The fourth-order valence-corrected chi connectivity index (χ4v) is 4.14. The highest BCUT2D eigenvalue weighted by molar-refractivity contribution is 5.76. The van der Waals surface area contributed by atoms with Gasteiger partial charge in [0.15, 0.2) is 11.7 Å². The van der Waals surface area contributed by atoms with Crippen molar-refractivity contribution in [3.8, 4) is 17.1 Å². The number of amides is 1. The number of hydrogen-bond acceptors (Lipinski definition) is 5. The van der Waals surface area contributed by atoms with Crippen LogP contribution in [-0.2, 0) is 11.2 Å². The van der Waals surface area contributed by atoms with Crippen LogP contribution in [-0.4, -0.2) is 49.1 Å². The van der Waals surface area contributed by atoms with E-state index >= 15 is 0 Å². The molecular weight excluding hydrogens is 342 g/mol. The van der Waals surface area contributed by atoms with E-state index in [9.17, 15) is 4.79 Å². The minimum absolute atomic E-state index is 0.208. The molecule has 3 heterocycles. The fourth-order valence-electron chi connectivity index (χ4n) is 4.14. The summed E-state index contributed by atoms with van der Waals surface area (Å²) in [6.07, 6.45) is 6.20. The summed E-state index contributed by atoms with van der Waals surface area (Å²) in [4.78, 5) is 18.9. The number of nitrogens with one attached hydrogen (secondary N) is 1. The van der Waals surface area contributed by atoms with Gasteiger partial charge in [0, 0.05) is 38.0 Å². The molecule has 2 aliphatic heterocycles. The SMILES string of the molecule is COc1ccc(-c2cnc(CCC(=O)N3CCC4(CCNC4)CC3)o2)cc1. The van der Waals surface area contributed by atoms with Gasteiger partial charge < -0.3 is 19.4 Å². The Morgan fingerprint density at radius 3 is 2.70 bits per heavy atom. The molecule has 27 heavy (non-hydrogen) atoms. The molecule has 144 valence electrons. The molecule has 0 unspecified atom stereocenters. The largest absolute Gasteiger partial charge is 0.497 e. The summed E-state index contributed by atoms with van der Waals surface area (Å²) in [5.41, 5.74) is 1.39. The molecule has 1 N–H and O–H groups in total. The van der Waals surface area contributed by atoms with Crippen LogP contribution >= 0.6 is 0 Å². The second kappa shape index (κ2) is 7.72. The Morgan fingerprint density at radius 1 is 1.26 bits per heavy atom. The standard InChI is InChI=1S/C21H27N3O3/c1-26-17-4-2-16(3-5-17)18-14-23-19(27-18)6-7-20(25)24-12-9-21(10-13-24)8-11-22-15-21/h2-5,14,22H,6-13,15H2,1H3. The van der Waals surface area contributed by atoms with Crippen LogP contribution in [0.4, 0.5) is 0 Å². The van der Waals surface area contributed by atoms with Gasteiger partial charge in [0.2, 0.25) is 5.91 Å². The highest BCUT2D eigenvalue weighted by atomic mass is 16.5. The first kappa shape index (κ1) is 18.0. The highest BCUT2D eigenvalue weighted by Gasteiger charge is 2.37. The molecule has 0 bridgehead atoms. The van der Waals surface area contributed by atoms with Gasteiger partial charge in [0.05, 0.1) is 13.3 Å². The first-order valence-corrected chi connectivity index (χ1v) is 9.75. The van der Waals surface area contributed by atoms with Crippen LogP contribution in [0.2, 0.25) is 0 Å². The lowest BCUT2D eigenvalue weighted by molar-refractivity contribution is -0.133. The predicted octanol–water partition coefficient (Wildman–Crippen LogP) is 2.88. The number of likely N-dealkylation sites (tertiary alicyclic amines) is 1. The molecule has 0 atom stereocenters. The van der Waals surface area contributed by atoms with E-state index in [2.05, 4.69) is 10.3 Å². The van der Waals surface area contributed by atoms with Crippen LogP contribution in [0.15, 0.2) is 34.9 Å². The Kier molecular flexibility index (Phi) is 5.16. The molecule has 0 aliphatic carbocycles. The second-order valence-electron chi connectivity index (χ2n) is 7.65. The zero-order chi connectivity index (χ0) is 18.7. The lowest BCUT2D eigenvalue weighted by Gasteiger charge is -2.38. The fraction of sp³-hybridized carbons (Fsp3) is 0.524. The molecule has 4 rings (SSSR count). The van der Waals surface area contributed by atoms with Crippen LogP contribution < -0.4 is 10.1 Å². The Labute approximate surface area is 159 Å². The second-order valence-corrected chi connectivity index (χ2v) is 7.65. The smallest absolute Gasteiger partial charge is 0.223 e. The number of ether oxygens (including phenoxy) is 1. The Bertz CT molecular complexity index is 768. The molecule has 1 aromatic heterocycles. The Morgan fingerprint density at radius 2 is 2.04 bits per heavy atom. The number of oxazole rings is 1. The number of methoxy groups -OCH3 is 1. The van der Waals surface area contributed by atoms with Gasteiger partial charge in [0.1, 0.15) is 5.75 Å². The summed E-state index contributed by atoms with van der Waals surface area (Å²) in [5.74, 6) is 2.34. The number of aromatic nitrogens is 1. The molecule has 1 amide bonds. The summed E-state index contributed by atoms with van der Waals surface area (Å²) >= 11 is 0. The number of rotatable bonds is 5. The van der Waals surface area contributed by atoms with E-state index in [0.717, 1.165) is 50.3 Å². The van der Waals surface area contributed by atoms with Gasteiger partial charge in [-0.25, -0.2) is 4.98 Å². The number of benzene rings is 1. The molecule has 2 aromatic rings. The molecule has 2 saturated heterocycles. The quantitative estimate of drug-likeness (QED) is 0.878. The number of nitrogens with zero attached hydrogens (tertiary/aromatic N) is 2. The van der Waals surface area contributed by atoms with Crippen molar-refractivity contribution >= 4 is 5.91 Å². The molecule has 1 spiro atoms. The van der Waals surface area contributed by atoms with E-state index in [-0.39, 0.29) is 5.91 Å². The predicted molar refractivity (Wildman–Crippen MR) is 103 cm³/mol. The van der Waals surface area contributed by atoms with Crippen molar-refractivity contribution in [2.24, 2.45) is 5.41 Å². The van der Waals surface area contributed by atoms with E-state index in [1.165, 1.54) is 6.42 Å². The third-order valence-electron chi connectivity index (χ3n) is 5.99. The maximum atomic E-state index is 12.5. The maximum absolute atomic E-state index is 12.5. The zero-order valence-corrected chi connectivity index (χ0v) is 15.9. The van der Waals surface area contributed by atoms with E-state index in [1.807, 2.05) is 29.2 Å². The molecule has 6 nitrogen and oxygen atoms in total. The molecule has 0 saturated carbocycles. The van der Waals surface area contributed by atoms with Crippen LogP contribution in [0.5, 0.6) is 5.75 Å². The Balaban J connectivity index is 1.29. The van der Waals surface area contributed by atoms with Crippen molar-refractivity contribution in [2.75, 3.05) is 33.3 Å². The van der Waals surface area contributed by atoms with Crippen LogP contribution in [0.3, 0.4) is 0 Å². The number of piperidine rings is 1. The minimum Gasteiger partial charge on any atom is -0.497 e. The van der Waals surface area contributed by atoms with Crippen LogP contribution in [0.1, 0.15) is 31.6 Å². The molecule has 0 radical (unpaired) electrons. The molecule has 2 fully saturated rings. The summed E-state index contributed by atoms with van der Waals surface area (Å²) in [6.45, 7) is 3.99. The molecular formula is C21H27N3O3. The number of carbonyl (C=O) groups excluding carboxylic acids is 1. The lowest BCUT2D eigenvalue weighted by atomic mass is 9.78. The average Bonchev–Trinajstić information content (AvgIpc) is 3.37. The van der Waals surface area contributed by atoms with Gasteiger partial charge in [-0.1, -0.05) is 0 Å². The van der Waals surface area contributed by atoms with Crippen molar-refractivity contribution < 1.29 is 13.9 Å². The lowest BCUT2D eigenvalue weighted by Crippen LogP contribution is -2.44. The monoisotopic (exact) mass is 369 g/mol. The summed E-state index contributed by atoms with van der Waals surface area (Å²) in [5, 5.41) is 3.46. The van der Waals surface area contributed by atoms with Crippen molar-refractivity contribution in [3.63, 3.8) is 0 Å². The van der Waals surface area contributed by atoms with Gasteiger partial charge in [-0.3, -0.25) is 4.79 Å². The van der Waals surface area contributed by atoms with E-state index < -0.39 is 0 Å². The highest BCUT2D eigenvalue weighted by Crippen LogP contribution is 2.37. The third-order valence-corrected chi connectivity index (χ3v) is 5.99. The van der Waals surface area contributed by atoms with Crippen molar-refractivity contribution in [3.05, 3.63) is 36.4 Å². The number of hydrogen-bond donors (Lipinski definition) is 1. The summed E-state index contributed by atoms with van der Waals surface area (Å²) in [6, 6.07) is 7.67. The van der Waals surface area contributed by atoms with E-state index in [4.69, 9.17) is 9.15 Å². The summed E-state index contributed by atoms with van der Waals surface area (Å²) in [7, 11) is 1.64. The van der Waals surface area contributed by atoms with E-state index in [0.29, 0.717) is 29.9 Å². The van der Waals surface area contributed by atoms with Gasteiger partial charge in [-0.2, -0.15) is 0 Å². The number of carbonyl (C=O) groups is 1. The minimum atomic E-state index is 0.208. The maximum Gasteiger partial charge on any atom is 0.223 e. The number of aryl methyl sites for hydroxylation is 1. The van der Waals surface area contributed by atoms with E-state index in [1.54, 1.807) is 13.3 Å². The van der Waals surface area contributed by atoms with Gasteiger partial charge in [0.25, 0.3) is 0 Å². The van der Waals surface area contributed by atoms with Crippen molar-refractivity contribution in [1.82, 2.24) is 15.2 Å². The third kappa shape index (κ3) is 4.00. The Hall–Kier alpha value is -2.34. The average molecular weight is 369 g/mol. The first-order valence-electron chi connectivity index (χ1n) is 9.75. The zero-order valence-electron chi connectivity index (χ0n) is 15.9. The van der Waals surface area contributed by atoms with Crippen molar-refractivity contribution in [1.29, 1.82) is 0 Å².